The zero-order chi connectivity index (χ0) is 21.6. The Labute approximate surface area is 179 Å². The van der Waals surface area contributed by atoms with E-state index in [9.17, 15) is 15.4 Å². The minimum atomic E-state index is -0.508. The first-order chi connectivity index (χ1) is 15.1. The second kappa shape index (κ2) is 8.93. The minimum Gasteiger partial charge on any atom is -0.380 e. The van der Waals surface area contributed by atoms with Gasteiger partial charge in [-0.15, -0.1) is 0 Å². The van der Waals surface area contributed by atoms with E-state index in [0.29, 0.717) is 18.8 Å². The minimum absolute atomic E-state index is 0.109. The van der Waals surface area contributed by atoms with E-state index in [1.165, 1.54) is 12.1 Å². The molecule has 0 aliphatic rings. The normalized spacial score (nSPS) is 10.4. The highest BCUT2D eigenvalue weighted by Gasteiger charge is 2.14. The van der Waals surface area contributed by atoms with Crippen molar-refractivity contribution in [2.24, 2.45) is 0 Å². The number of nitrogens with one attached hydrogen (secondary N) is 1. The molecule has 0 radical (unpaired) electrons. The van der Waals surface area contributed by atoms with Crippen molar-refractivity contribution in [2.45, 2.75) is 13.1 Å². The molecule has 0 amide bonds. The van der Waals surface area contributed by atoms with E-state index in [4.69, 9.17) is 5.10 Å². The van der Waals surface area contributed by atoms with E-state index in [2.05, 4.69) is 17.4 Å². The van der Waals surface area contributed by atoms with Crippen molar-refractivity contribution in [1.82, 2.24) is 9.78 Å². The Bertz CT molecular complexity index is 1240. The van der Waals surface area contributed by atoms with Crippen LogP contribution in [0, 0.1) is 21.4 Å². The van der Waals surface area contributed by atoms with Crippen LogP contribution in [-0.4, -0.2) is 14.7 Å². The maximum atomic E-state index is 11.0. The molecule has 1 aromatic heterocycles. The lowest BCUT2D eigenvalue weighted by atomic mass is 10.1. The second-order valence-corrected chi connectivity index (χ2v) is 7.00. The molecule has 7 nitrogen and oxygen atoms in total. The summed E-state index contributed by atoms with van der Waals surface area (Å²) in [6.45, 7) is 1.06. The molecular weight excluding hydrogens is 390 g/mol. The molecule has 0 saturated heterocycles. The lowest BCUT2D eigenvalue weighted by molar-refractivity contribution is -0.384. The third kappa shape index (κ3) is 4.60. The van der Waals surface area contributed by atoms with Crippen molar-refractivity contribution >= 4 is 11.4 Å². The van der Waals surface area contributed by atoms with Gasteiger partial charge in [-0.1, -0.05) is 60.7 Å². The fraction of sp³-hybridized carbons (Fsp3) is 0.0833. The van der Waals surface area contributed by atoms with E-state index in [-0.39, 0.29) is 11.3 Å². The molecule has 0 saturated carbocycles. The van der Waals surface area contributed by atoms with Gasteiger partial charge in [0.15, 0.2) is 0 Å². The zero-order valence-corrected chi connectivity index (χ0v) is 16.6. The van der Waals surface area contributed by atoms with Gasteiger partial charge in [0.25, 0.3) is 5.69 Å². The van der Waals surface area contributed by atoms with E-state index in [1.807, 2.05) is 65.5 Å². The van der Waals surface area contributed by atoms with Crippen molar-refractivity contribution in [3.8, 4) is 17.3 Å². The average Bonchev–Trinajstić information content (AvgIpc) is 3.21. The predicted octanol–water partition coefficient (Wildman–Crippen LogP) is 4.99. The van der Waals surface area contributed by atoms with E-state index >= 15 is 0 Å². The molecule has 3 aromatic carbocycles. The van der Waals surface area contributed by atoms with Gasteiger partial charge in [0, 0.05) is 36.0 Å². The molecule has 0 atom stereocenters. The maximum absolute atomic E-state index is 11.0. The van der Waals surface area contributed by atoms with Gasteiger partial charge in [-0.3, -0.25) is 14.8 Å². The maximum Gasteiger partial charge on any atom is 0.270 e. The van der Waals surface area contributed by atoms with Crippen molar-refractivity contribution in [3.05, 3.63) is 112 Å². The highest BCUT2D eigenvalue weighted by atomic mass is 16.6. The van der Waals surface area contributed by atoms with Crippen LogP contribution in [0.3, 0.4) is 0 Å². The summed E-state index contributed by atoms with van der Waals surface area (Å²) in [4.78, 5) is 10.5. The van der Waals surface area contributed by atoms with Crippen molar-refractivity contribution in [2.75, 3.05) is 5.32 Å². The van der Waals surface area contributed by atoms with Crippen LogP contribution in [0.1, 0.15) is 16.7 Å². The van der Waals surface area contributed by atoms with Crippen LogP contribution in [0.15, 0.2) is 85.1 Å². The van der Waals surface area contributed by atoms with Crippen LogP contribution in [0.2, 0.25) is 0 Å². The smallest absolute Gasteiger partial charge is 0.270 e. The first-order valence-electron chi connectivity index (χ1n) is 9.72. The summed E-state index contributed by atoms with van der Waals surface area (Å²) in [5.41, 5.74) is 4.62. The number of hydrogen-bond acceptors (Lipinski definition) is 5. The van der Waals surface area contributed by atoms with E-state index in [1.54, 1.807) is 6.07 Å². The number of nitrogens with zero attached hydrogens (tertiary/aromatic N) is 4. The van der Waals surface area contributed by atoms with Gasteiger partial charge in [-0.2, -0.15) is 10.4 Å². The average molecular weight is 409 g/mol. The fourth-order valence-electron chi connectivity index (χ4n) is 3.37. The Morgan fingerprint density at radius 1 is 1.03 bits per heavy atom. The highest BCUT2D eigenvalue weighted by Crippen LogP contribution is 2.26. The number of nitro groups is 1. The molecule has 0 bridgehead atoms. The Morgan fingerprint density at radius 3 is 2.42 bits per heavy atom. The first kappa shape index (κ1) is 19.9. The molecule has 4 aromatic rings. The highest BCUT2D eigenvalue weighted by molar-refractivity contribution is 5.65. The molecule has 7 heteroatoms. The van der Waals surface area contributed by atoms with Gasteiger partial charge >= 0.3 is 0 Å². The van der Waals surface area contributed by atoms with Crippen LogP contribution in [0.5, 0.6) is 0 Å². The second-order valence-electron chi connectivity index (χ2n) is 7.00. The lowest BCUT2D eigenvalue weighted by Gasteiger charge is -2.08. The number of hydrogen-bond donors (Lipinski definition) is 1. The molecule has 0 aliphatic heterocycles. The van der Waals surface area contributed by atoms with Crippen LogP contribution in [0.4, 0.5) is 11.4 Å². The number of rotatable bonds is 7. The molecule has 0 fully saturated rings. The van der Waals surface area contributed by atoms with E-state index in [0.717, 1.165) is 22.4 Å². The van der Waals surface area contributed by atoms with Gasteiger partial charge in [-0.05, 0) is 11.6 Å². The summed E-state index contributed by atoms with van der Waals surface area (Å²) >= 11 is 0. The summed E-state index contributed by atoms with van der Waals surface area (Å²) in [5.74, 6) is 0. The SMILES string of the molecule is N#Cc1cc([N+](=O)[O-])ccc1NCc1cn(Cc2ccccc2)nc1-c1ccccc1. The quantitative estimate of drug-likeness (QED) is 0.343. The van der Waals surface area contributed by atoms with Crippen LogP contribution >= 0.6 is 0 Å². The lowest BCUT2D eigenvalue weighted by Crippen LogP contribution is -2.02. The Balaban J connectivity index is 1.63. The van der Waals surface area contributed by atoms with Crippen molar-refractivity contribution in [1.29, 1.82) is 5.26 Å². The Morgan fingerprint density at radius 2 is 1.74 bits per heavy atom. The third-order valence-electron chi connectivity index (χ3n) is 4.88. The fourth-order valence-corrected chi connectivity index (χ4v) is 3.37. The summed E-state index contributed by atoms with van der Waals surface area (Å²) in [6, 6.07) is 26.2. The van der Waals surface area contributed by atoms with Gasteiger partial charge in [0.1, 0.15) is 6.07 Å². The summed E-state index contributed by atoms with van der Waals surface area (Å²) in [5, 5.41) is 28.4. The number of nitriles is 1. The number of nitro benzene ring substituents is 1. The number of benzene rings is 3. The monoisotopic (exact) mass is 409 g/mol. The molecule has 0 spiro atoms. The number of aromatic nitrogens is 2. The van der Waals surface area contributed by atoms with Gasteiger partial charge in [0.05, 0.1) is 28.4 Å². The predicted molar refractivity (Wildman–Crippen MR) is 118 cm³/mol. The van der Waals surface area contributed by atoms with Gasteiger partial charge in [0.2, 0.25) is 0 Å². The summed E-state index contributed by atoms with van der Waals surface area (Å²) < 4.78 is 1.90. The molecule has 0 aliphatic carbocycles. The molecule has 1 N–H and O–H groups in total. The van der Waals surface area contributed by atoms with Gasteiger partial charge in [-0.25, -0.2) is 0 Å². The number of non-ortho nitro benzene ring substituents is 1. The molecule has 0 unspecified atom stereocenters. The topological polar surface area (TPSA) is 96.8 Å². The number of anilines is 1. The Hall–Kier alpha value is -4.44. The molecule has 31 heavy (non-hydrogen) atoms. The van der Waals surface area contributed by atoms with Crippen LogP contribution in [-0.2, 0) is 13.1 Å². The van der Waals surface area contributed by atoms with Crippen molar-refractivity contribution < 1.29 is 4.92 Å². The molecular formula is C24H19N5O2. The third-order valence-corrected chi connectivity index (χ3v) is 4.88. The van der Waals surface area contributed by atoms with Crippen molar-refractivity contribution in [3.63, 3.8) is 0 Å². The van der Waals surface area contributed by atoms with Crippen LogP contribution < -0.4 is 5.32 Å². The molecule has 1 heterocycles. The van der Waals surface area contributed by atoms with Gasteiger partial charge < -0.3 is 5.32 Å². The van der Waals surface area contributed by atoms with Crippen LogP contribution in [0.25, 0.3) is 11.3 Å². The summed E-state index contributed by atoms with van der Waals surface area (Å²) in [6.07, 6.45) is 1.99. The zero-order valence-electron chi connectivity index (χ0n) is 16.6. The standard InChI is InChI=1S/C24H19N5O2/c25-14-20-13-22(29(30)31)11-12-23(20)26-15-21-17-28(16-18-7-3-1-4-8-18)27-24(21)19-9-5-2-6-10-19/h1-13,17,26H,15-16H2. The largest absolute Gasteiger partial charge is 0.380 e. The first-order valence-corrected chi connectivity index (χ1v) is 9.72. The molecule has 4 rings (SSSR count). The molecule has 152 valence electrons. The summed E-state index contributed by atoms with van der Waals surface area (Å²) in [7, 11) is 0. The van der Waals surface area contributed by atoms with E-state index < -0.39 is 4.92 Å². The Kier molecular flexibility index (Phi) is 5.72.